The molecule has 21 heavy (non-hydrogen) atoms. The number of nitrogens with one attached hydrogen (secondary N) is 2. The fraction of sp³-hybridized carbons (Fsp3) is 0.700. The minimum atomic E-state index is -1.18. The second-order valence-corrected chi connectivity index (χ2v) is 4.96. The number of aliphatic carboxylic acids is 2. The van der Waals surface area contributed by atoms with E-state index in [-0.39, 0.29) is 24.3 Å². The maximum Gasteiger partial charge on any atom is 0.326 e. The number of carboxylic acid groups (broad SMARTS) is 2. The SMILES string of the molecule is CSCCC(NC(=O)CCC(N)C(=O)O)C(=O)O.N=S=O. The summed E-state index contributed by atoms with van der Waals surface area (Å²) in [5.41, 5.74) is 5.24. The predicted octanol–water partition coefficient (Wildman–Crippen LogP) is -0.537. The van der Waals surface area contributed by atoms with Crippen molar-refractivity contribution in [2.45, 2.75) is 31.3 Å². The third kappa shape index (κ3) is 13.3. The molecule has 6 N–H and O–H groups in total. The number of thioether (sulfide) groups is 1. The highest BCUT2D eigenvalue weighted by Crippen LogP contribution is 2.02. The van der Waals surface area contributed by atoms with E-state index in [2.05, 4.69) is 5.32 Å². The quantitative estimate of drug-likeness (QED) is 0.372. The van der Waals surface area contributed by atoms with E-state index >= 15 is 0 Å². The van der Waals surface area contributed by atoms with Crippen LogP contribution in [0.4, 0.5) is 0 Å². The Balaban J connectivity index is 0. The molecule has 0 bridgehead atoms. The van der Waals surface area contributed by atoms with Crippen LogP contribution in [0.15, 0.2) is 0 Å². The molecular weight excluding hydrogens is 322 g/mol. The van der Waals surface area contributed by atoms with E-state index in [1.807, 2.05) is 6.26 Å². The molecule has 11 heteroatoms. The van der Waals surface area contributed by atoms with Gasteiger partial charge in [0.05, 0.1) is 0 Å². The van der Waals surface area contributed by atoms with Crippen molar-refractivity contribution in [2.75, 3.05) is 12.0 Å². The Morgan fingerprint density at radius 3 is 2.14 bits per heavy atom. The van der Waals surface area contributed by atoms with Gasteiger partial charge >= 0.3 is 11.9 Å². The average Bonchev–Trinajstić information content (AvgIpc) is 2.41. The van der Waals surface area contributed by atoms with E-state index < -0.39 is 29.9 Å². The average molecular weight is 341 g/mol. The van der Waals surface area contributed by atoms with Crippen molar-refractivity contribution in [1.82, 2.24) is 5.32 Å². The van der Waals surface area contributed by atoms with Gasteiger partial charge in [0.1, 0.15) is 12.1 Å². The number of carboxylic acids is 2. The van der Waals surface area contributed by atoms with Gasteiger partial charge in [-0.2, -0.15) is 16.0 Å². The third-order valence-electron chi connectivity index (χ3n) is 2.24. The molecule has 0 aromatic carbocycles. The molecule has 2 unspecified atom stereocenters. The first kappa shape index (κ1) is 21.8. The van der Waals surface area contributed by atoms with Gasteiger partial charge in [0.15, 0.2) is 11.5 Å². The van der Waals surface area contributed by atoms with Crippen molar-refractivity contribution in [1.29, 1.82) is 4.78 Å². The molecule has 1 amide bonds. The topological polar surface area (TPSA) is 171 Å². The fourth-order valence-corrected chi connectivity index (χ4v) is 1.64. The lowest BCUT2D eigenvalue weighted by Crippen LogP contribution is -2.42. The highest BCUT2D eigenvalue weighted by atomic mass is 32.2. The highest BCUT2D eigenvalue weighted by Gasteiger charge is 2.20. The van der Waals surface area contributed by atoms with Crippen LogP contribution in [0.25, 0.3) is 0 Å². The largest absolute Gasteiger partial charge is 0.480 e. The number of rotatable bonds is 9. The standard InChI is InChI=1S/C10H18N2O5S.HNOS/c1-18-5-4-7(10(16)17)12-8(13)3-2-6(11)9(14)15;1-3-2/h6-7H,2-5,11H2,1H3,(H,12,13)(H,14,15)(H,16,17);1H. The van der Waals surface area contributed by atoms with E-state index in [1.165, 1.54) is 11.8 Å². The van der Waals surface area contributed by atoms with Gasteiger partial charge in [-0.15, -0.1) is 0 Å². The summed E-state index contributed by atoms with van der Waals surface area (Å²) in [7, 11) is 0. The second-order valence-electron chi connectivity index (χ2n) is 3.81. The van der Waals surface area contributed by atoms with E-state index in [9.17, 15) is 14.4 Å². The normalized spacial score (nSPS) is 12.3. The molecule has 0 aliphatic rings. The van der Waals surface area contributed by atoms with Crippen LogP contribution < -0.4 is 11.1 Å². The predicted molar refractivity (Wildman–Crippen MR) is 78.3 cm³/mol. The van der Waals surface area contributed by atoms with Crippen molar-refractivity contribution in [3.05, 3.63) is 0 Å². The van der Waals surface area contributed by atoms with E-state index in [0.717, 1.165) is 0 Å². The van der Waals surface area contributed by atoms with Crippen molar-refractivity contribution in [3.8, 4) is 0 Å². The van der Waals surface area contributed by atoms with Crippen LogP contribution >= 0.6 is 11.8 Å². The maximum atomic E-state index is 11.4. The molecule has 0 aliphatic carbocycles. The van der Waals surface area contributed by atoms with Crippen molar-refractivity contribution in [2.24, 2.45) is 5.73 Å². The van der Waals surface area contributed by atoms with Crippen molar-refractivity contribution < 1.29 is 28.8 Å². The minimum Gasteiger partial charge on any atom is -0.480 e. The summed E-state index contributed by atoms with van der Waals surface area (Å²) in [6.07, 6.45) is 2.05. The summed E-state index contributed by atoms with van der Waals surface area (Å²) in [6.45, 7) is 0. The lowest BCUT2D eigenvalue weighted by atomic mass is 10.1. The Hall–Kier alpha value is -1.46. The van der Waals surface area contributed by atoms with E-state index in [0.29, 0.717) is 12.2 Å². The first-order chi connectivity index (χ1) is 9.79. The van der Waals surface area contributed by atoms with Crippen LogP contribution in [0.3, 0.4) is 0 Å². The zero-order valence-corrected chi connectivity index (χ0v) is 13.0. The van der Waals surface area contributed by atoms with Gasteiger partial charge in [-0.25, -0.2) is 9.57 Å². The molecule has 0 aromatic rings. The number of amides is 1. The zero-order valence-electron chi connectivity index (χ0n) is 11.4. The molecule has 122 valence electrons. The minimum absolute atomic E-state index is 0.0178. The van der Waals surface area contributed by atoms with Crippen LogP contribution in [-0.2, 0) is 25.8 Å². The highest BCUT2D eigenvalue weighted by molar-refractivity contribution is 7.98. The Bertz CT molecular complexity index is 387. The number of carbonyl (C=O) groups is 3. The summed E-state index contributed by atoms with van der Waals surface area (Å²) in [4.78, 5) is 32.7. The Labute approximate surface area is 129 Å². The summed E-state index contributed by atoms with van der Waals surface area (Å²) in [5, 5.41) is 19.7. The monoisotopic (exact) mass is 341 g/mol. The number of hydrogen-bond donors (Lipinski definition) is 5. The molecule has 9 nitrogen and oxygen atoms in total. The summed E-state index contributed by atoms with van der Waals surface area (Å²) < 4.78 is 14.1. The summed E-state index contributed by atoms with van der Waals surface area (Å²) in [5.74, 6) is -2.16. The molecule has 0 heterocycles. The molecule has 0 saturated carbocycles. The van der Waals surface area contributed by atoms with E-state index in [1.54, 1.807) is 0 Å². The lowest BCUT2D eigenvalue weighted by molar-refractivity contribution is -0.142. The lowest BCUT2D eigenvalue weighted by Gasteiger charge is -2.14. The maximum absolute atomic E-state index is 11.4. The van der Waals surface area contributed by atoms with Crippen LogP contribution in [0, 0.1) is 4.78 Å². The molecule has 0 radical (unpaired) electrons. The number of hydrogen-bond acceptors (Lipinski definition) is 7. The Kier molecular flexibility index (Phi) is 14.1. The molecule has 0 fully saturated rings. The van der Waals surface area contributed by atoms with Gasteiger partial charge in [0.25, 0.3) is 0 Å². The van der Waals surface area contributed by atoms with Gasteiger partial charge in [0.2, 0.25) is 5.91 Å². The van der Waals surface area contributed by atoms with Gasteiger partial charge < -0.3 is 21.3 Å². The number of carbonyl (C=O) groups excluding carboxylic acids is 1. The number of nitrogens with two attached hydrogens (primary N) is 1. The van der Waals surface area contributed by atoms with Crippen molar-refractivity contribution in [3.63, 3.8) is 0 Å². The Morgan fingerprint density at radius 1 is 1.24 bits per heavy atom. The van der Waals surface area contributed by atoms with Gasteiger partial charge in [-0.1, -0.05) is 0 Å². The summed E-state index contributed by atoms with van der Waals surface area (Å²) >= 11 is 1.23. The molecule has 2 atom stereocenters. The molecule has 0 saturated heterocycles. The molecule has 0 aliphatic heterocycles. The third-order valence-corrected chi connectivity index (χ3v) is 2.89. The molecule has 0 rings (SSSR count). The van der Waals surface area contributed by atoms with Gasteiger partial charge in [-0.05, 0) is 24.9 Å². The van der Waals surface area contributed by atoms with Crippen LogP contribution in [0.5, 0.6) is 0 Å². The van der Waals surface area contributed by atoms with Gasteiger partial charge in [0, 0.05) is 6.42 Å². The van der Waals surface area contributed by atoms with Crippen molar-refractivity contribution >= 4 is 41.1 Å². The summed E-state index contributed by atoms with van der Waals surface area (Å²) in [6, 6.07) is -2.05. The second kappa shape index (κ2) is 13.5. The molecule has 0 aromatic heterocycles. The van der Waals surface area contributed by atoms with Gasteiger partial charge in [-0.3, -0.25) is 9.59 Å². The molecule has 0 spiro atoms. The van der Waals surface area contributed by atoms with E-state index in [4.69, 9.17) is 24.9 Å². The zero-order chi connectivity index (χ0) is 16.8. The van der Waals surface area contributed by atoms with Crippen LogP contribution in [0.1, 0.15) is 19.3 Å². The Morgan fingerprint density at radius 2 is 1.76 bits per heavy atom. The smallest absolute Gasteiger partial charge is 0.326 e. The first-order valence-corrected chi connectivity index (χ1v) is 7.88. The fourth-order valence-electron chi connectivity index (χ4n) is 1.17. The van der Waals surface area contributed by atoms with Crippen LogP contribution in [0.2, 0.25) is 0 Å². The molecular formula is C10H19N3O6S2. The van der Waals surface area contributed by atoms with Crippen LogP contribution in [-0.4, -0.2) is 56.4 Å². The first-order valence-electron chi connectivity index (χ1n) is 5.75.